The number of ether oxygens (including phenoxy) is 1. The fourth-order valence-corrected chi connectivity index (χ4v) is 4.33. The van der Waals surface area contributed by atoms with Gasteiger partial charge in [-0.05, 0) is 30.4 Å². The lowest BCUT2D eigenvalue weighted by molar-refractivity contribution is -0.154. The summed E-state index contributed by atoms with van der Waals surface area (Å²) in [6.07, 6.45) is 2.73. The van der Waals surface area contributed by atoms with E-state index < -0.39 is 0 Å². The van der Waals surface area contributed by atoms with Crippen LogP contribution in [0.25, 0.3) is 0 Å². The highest BCUT2D eigenvalue weighted by molar-refractivity contribution is 5.81. The standard InChI is InChI=1S/C22H25NO2/c1-2-17-14-19(13-16-9-5-3-6-10-16)21(24)23-20(15-25-22(17)23)18-11-7-4-8-12-18/h3-12,17,19-20,22H,2,13-15H2,1H3/t17-,19+,20-,22+/m0/s1. The van der Waals surface area contributed by atoms with Gasteiger partial charge < -0.3 is 9.64 Å². The van der Waals surface area contributed by atoms with Crippen LogP contribution in [0.1, 0.15) is 36.9 Å². The molecule has 2 fully saturated rings. The summed E-state index contributed by atoms with van der Waals surface area (Å²) in [7, 11) is 0. The van der Waals surface area contributed by atoms with Crippen LogP contribution in [0.2, 0.25) is 0 Å². The van der Waals surface area contributed by atoms with Gasteiger partial charge in [-0.2, -0.15) is 0 Å². The van der Waals surface area contributed by atoms with Gasteiger partial charge in [0.1, 0.15) is 6.23 Å². The maximum atomic E-state index is 13.3. The summed E-state index contributed by atoms with van der Waals surface area (Å²) >= 11 is 0. The van der Waals surface area contributed by atoms with Crippen molar-refractivity contribution in [3.63, 3.8) is 0 Å². The lowest BCUT2D eigenvalue weighted by atomic mass is 9.81. The summed E-state index contributed by atoms with van der Waals surface area (Å²) in [5.41, 5.74) is 2.42. The summed E-state index contributed by atoms with van der Waals surface area (Å²) < 4.78 is 6.10. The molecule has 2 aliphatic rings. The van der Waals surface area contributed by atoms with Crippen molar-refractivity contribution in [1.82, 2.24) is 4.90 Å². The van der Waals surface area contributed by atoms with E-state index in [0.29, 0.717) is 12.5 Å². The summed E-state index contributed by atoms with van der Waals surface area (Å²) in [4.78, 5) is 15.3. The zero-order valence-corrected chi connectivity index (χ0v) is 14.7. The molecular weight excluding hydrogens is 310 g/mol. The van der Waals surface area contributed by atoms with Crippen LogP contribution in [0.4, 0.5) is 0 Å². The van der Waals surface area contributed by atoms with E-state index >= 15 is 0 Å². The number of hydrogen-bond acceptors (Lipinski definition) is 2. The molecule has 0 bridgehead atoms. The van der Waals surface area contributed by atoms with Crippen molar-refractivity contribution in [1.29, 1.82) is 0 Å². The van der Waals surface area contributed by atoms with E-state index in [1.807, 2.05) is 29.2 Å². The molecular formula is C22H25NO2. The fraction of sp³-hybridized carbons (Fsp3) is 0.409. The molecule has 0 saturated carbocycles. The highest BCUT2D eigenvalue weighted by Crippen LogP contribution is 2.42. The first-order valence-electron chi connectivity index (χ1n) is 9.30. The molecule has 4 rings (SSSR count). The fourth-order valence-electron chi connectivity index (χ4n) is 4.33. The van der Waals surface area contributed by atoms with Gasteiger partial charge in [0, 0.05) is 11.8 Å². The second-order valence-electron chi connectivity index (χ2n) is 7.19. The maximum absolute atomic E-state index is 13.3. The normalized spacial score (nSPS) is 28.8. The Labute approximate surface area is 149 Å². The quantitative estimate of drug-likeness (QED) is 0.838. The van der Waals surface area contributed by atoms with Crippen LogP contribution in [-0.2, 0) is 16.0 Å². The smallest absolute Gasteiger partial charge is 0.228 e. The predicted molar refractivity (Wildman–Crippen MR) is 97.8 cm³/mol. The Morgan fingerprint density at radius 1 is 1.04 bits per heavy atom. The van der Waals surface area contributed by atoms with Crippen molar-refractivity contribution in [2.24, 2.45) is 11.8 Å². The number of carbonyl (C=O) groups excluding carboxylic acids is 1. The van der Waals surface area contributed by atoms with Crippen LogP contribution in [-0.4, -0.2) is 23.6 Å². The van der Waals surface area contributed by atoms with E-state index in [0.717, 1.165) is 19.3 Å². The van der Waals surface area contributed by atoms with Crippen LogP contribution >= 0.6 is 0 Å². The molecule has 0 aromatic heterocycles. The molecule has 2 aromatic carbocycles. The van der Waals surface area contributed by atoms with E-state index in [4.69, 9.17) is 4.74 Å². The molecule has 2 heterocycles. The second-order valence-corrected chi connectivity index (χ2v) is 7.19. The minimum Gasteiger partial charge on any atom is -0.355 e. The Bertz CT molecular complexity index is 715. The van der Waals surface area contributed by atoms with Crippen molar-refractivity contribution in [3.05, 3.63) is 71.8 Å². The highest BCUT2D eigenvalue weighted by atomic mass is 16.5. The Balaban J connectivity index is 1.61. The number of hydrogen-bond donors (Lipinski definition) is 0. The van der Waals surface area contributed by atoms with Gasteiger partial charge >= 0.3 is 0 Å². The van der Waals surface area contributed by atoms with E-state index in [1.54, 1.807) is 0 Å². The molecule has 0 radical (unpaired) electrons. The lowest BCUT2D eigenvalue weighted by Gasteiger charge is -2.41. The predicted octanol–water partition coefficient (Wildman–Crippen LogP) is 4.20. The van der Waals surface area contributed by atoms with Crippen molar-refractivity contribution >= 4 is 5.91 Å². The molecule has 2 aliphatic heterocycles. The molecule has 0 unspecified atom stereocenters. The van der Waals surface area contributed by atoms with Gasteiger partial charge in [0.2, 0.25) is 5.91 Å². The highest BCUT2D eigenvalue weighted by Gasteiger charge is 2.48. The molecule has 3 heteroatoms. The average Bonchev–Trinajstić information content (AvgIpc) is 3.11. The first-order valence-corrected chi connectivity index (χ1v) is 9.30. The van der Waals surface area contributed by atoms with Gasteiger partial charge in [-0.3, -0.25) is 4.79 Å². The number of amides is 1. The van der Waals surface area contributed by atoms with Gasteiger partial charge in [-0.1, -0.05) is 67.6 Å². The van der Waals surface area contributed by atoms with E-state index in [-0.39, 0.29) is 24.1 Å². The number of piperidine rings is 1. The largest absolute Gasteiger partial charge is 0.355 e. The van der Waals surface area contributed by atoms with Crippen molar-refractivity contribution in [2.45, 2.75) is 38.5 Å². The van der Waals surface area contributed by atoms with Crippen LogP contribution in [0, 0.1) is 11.8 Å². The second kappa shape index (κ2) is 7.01. The van der Waals surface area contributed by atoms with Crippen LogP contribution in [0.3, 0.4) is 0 Å². The summed E-state index contributed by atoms with van der Waals surface area (Å²) in [6.45, 7) is 2.81. The van der Waals surface area contributed by atoms with Gasteiger partial charge in [-0.15, -0.1) is 0 Å². The Morgan fingerprint density at radius 2 is 1.72 bits per heavy atom. The SMILES string of the molecule is CC[C@H]1C[C@@H](Cc2ccccc2)C(=O)N2[C@@H]1OC[C@H]2c1ccccc1. The molecule has 25 heavy (non-hydrogen) atoms. The third-order valence-corrected chi connectivity index (χ3v) is 5.66. The molecule has 2 saturated heterocycles. The average molecular weight is 335 g/mol. The van der Waals surface area contributed by atoms with E-state index in [2.05, 4.69) is 43.3 Å². The number of nitrogens with zero attached hydrogens (tertiary/aromatic N) is 1. The number of fused-ring (bicyclic) bond motifs is 1. The van der Waals surface area contributed by atoms with Gasteiger partial charge in [-0.25, -0.2) is 0 Å². The number of rotatable bonds is 4. The molecule has 1 amide bonds. The Kier molecular flexibility index (Phi) is 4.58. The Morgan fingerprint density at radius 3 is 2.40 bits per heavy atom. The van der Waals surface area contributed by atoms with Crippen molar-refractivity contribution < 1.29 is 9.53 Å². The summed E-state index contributed by atoms with van der Waals surface area (Å²) in [5.74, 6) is 0.724. The monoisotopic (exact) mass is 335 g/mol. The topological polar surface area (TPSA) is 29.5 Å². The molecule has 4 atom stereocenters. The van der Waals surface area contributed by atoms with Crippen LogP contribution in [0.5, 0.6) is 0 Å². The molecule has 0 N–H and O–H groups in total. The van der Waals surface area contributed by atoms with Crippen LogP contribution in [0.15, 0.2) is 60.7 Å². The number of carbonyl (C=O) groups is 1. The van der Waals surface area contributed by atoms with Gasteiger partial charge in [0.25, 0.3) is 0 Å². The maximum Gasteiger partial charge on any atom is 0.228 e. The zero-order chi connectivity index (χ0) is 17.2. The third kappa shape index (κ3) is 3.09. The van der Waals surface area contributed by atoms with E-state index in [9.17, 15) is 4.79 Å². The zero-order valence-electron chi connectivity index (χ0n) is 14.7. The van der Waals surface area contributed by atoms with Gasteiger partial charge in [0.05, 0.1) is 12.6 Å². The van der Waals surface area contributed by atoms with Crippen molar-refractivity contribution in [3.8, 4) is 0 Å². The lowest BCUT2D eigenvalue weighted by Crippen LogP contribution is -2.50. The molecule has 0 spiro atoms. The summed E-state index contributed by atoms with van der Waals surface area (Å²) in [6, 6.07) is 20.7. The molecule has 3 nitrogen and oxygen atoms in total. The Hall–Kier alpha value is -2.13. The molecule has 0 aliphatic carbocycles. The minimum atomic E-state index is -0.0604. The first-order chi connectivity index (χ1) is 12.3. The van der Waals surface area contributed by atoms with Crippen LogP contribution < -0.4 is 0 Å². The molecule has 2 aromatic rings. The van der Waals surface area contributed by atoms with Gasteiger partial charge in [0.15, 0.2) is 0 Å². The minimum absolute atomic E-state index is 0.0475. The molecule has 130 valence electrons. The van der Waals surface area contributed by atoms with Crippen molar-refractivity contribution in [2.75, 3.05) is 6.61 Å². The third-order valence-electron chi connectivity index (χ3n) is 5.66. The number of benzene rings is 2. The van der Waals surface area contributed by atoms with E-state index in [1.165, 1.54) is 11.1 Å². The first kappa shape index (κ1) is 16.3. The summed E-state index contributed by atoms with van der Waals surface area (Å²) in [5, 5.41) is 0.